The molecule has 0 unspecified atom stereocenters. The van der Waals surface area contributed by atoms with E-state index in [-0.39, 0.29) is 5.91 Å². The smallest absolute Gasteiger partial charge is 0.255 e. The first kappa shape index (κ1) is 13.7. The Kier molecular flexibility index (Phi) is 3.32. The van der Waals surface area contributed by atoms with E-state index in [1.807, 2.05) is 17.2 Å². The summed E-state index contributed by atoms with van der Waals surface area (Å²) in [7, 11) is 2.15. The van der Waals surface area contributed by atoms with Crippen LogP contribution in [0.3, 0.4) is 0 Å². The zero-order chi connectivity index (χ0) is 15.1. The molecule has 4 heteroatoms. The topological polar surface area (TPSA) is 28.0 Å². The van der Waals surface area contributed by atoms with Crippen molar-refractivity contribution in [3.8, 4) is 0 Å². The molecule has 4 nitrogen and oxygen atoms in total. The number of amides is 1. The first-order valence-corrected chi connectivity index (χ1v) is 8.34. The van der Waals surface area contributed by atoms with Crippen LogP contribution in [0.15, 0.2) is 30.5 Å². The minimum absolute atomic E-state index is 0.170. The summed E-state index contributed by atoms with van der Waals surface area (Å²) in [5.74, 6) is 2.20. The number of pyridine rings is 1. The molecule has 0 aromatic carbocycles. The number of hydrogen-bond donors (Lipinski definition) is 0. The zero-order valence-electron chi connectivity index (χ0n) is 13.2. The lowest BCUT2D eigenvalue weighted by Gasteiger charge is -2.20. The predicted octanol–water partition coefficient (Wildman–Crippen LogP) is 3.02. The van der Waals surface area contributed by atoms with Crippen molar-refractivity contribution < 1.29 is 4.79 Å². The Hall–Kier alpha value is -1.97. The van der Waals surface area contributed by atoms with Crippen molar-refractivity contribution >= 4 is 17.2 Å². The summed E-state index contributed by atoms with van der Waals surface area (Å²) in [6.45, 7) is 2.91. The Labute approximate surface area is 131 Å². The number of hydrogen-bond acceptors (Lipinski definition) is 2. The van der Waals surface area contributed by atoms with Crippen molar-refractivity contribution in [3.63, 3.8) is 0 Å². The molecule has 0 radical (unpaired) electrons. The summed E-state index contributed by atoms with van der Waals surface area (Å²) in [5.41, 5.74) is 1.95. The van der Waals surface area contributed by atoms with Gasteiger partial charge in [0.15, 0.2) is 0 Å². The summed E-state index contributed by atoms with van der Waals surface area (Å²) < 4.78 is 2.16. The quantitative estimate of drug-likeness (QED) is 0.867. The standard InChI is InChI=1S/C18H23N3O/c1-19(12-14-4-5-14)17-9-8-16-7-6-15(13-21(16)17)18(22)20-10-2-3-11-20/h6-9,13-14H,2-5,10-12H2,1H3. The van der Waals surface area contributed by atoms with Gasteiger partial charge in [-0.3, -0.25) is 4.79 Å². The van der Waals surface area contributed by atoms with Crippen molar-refractivity contribution in [3.05, 3.63) is 36.0 Å². The first-order valence-electron chi connectivity index (χ1n) is 8.34. The van der Waals surface area contributed by atoms with Gasteiger partial charge in [-0.15, -0.1) is 0 Å². The van der Waals surface area contributed by atoms with Gasteiger partial charge in [0.2, 0.25) is 0 Å². The van der Waals surface area contributed by atoms with E-state index in [0.717, 1.165) is 49.5 Å². The summed E-state index contributed by atoms with van der Waals surface area (Å²) >= 11 is 0. The number of carbonyl (C=O) groups excluding carboxylic acids is 1. The molecular formula is C18H23N3O. The van der Waals surface area contributed by atoms with Gasteiger partial charge in [0, 0.05) is 38.4 Å². The maximum atomic E-state index is 12.6. The minimum Gasteiger partial charge on any atom is -0.361 e. The van der Waals surface area contributed by atoms with E-state index in [1.54, 1.807) is 0 Å². The highest BCUT2D eigenvalue weighted by Gasteiger charge is 2.24. The van der Waals surface area contributed by atoms with Crippen LogP contribution in [0.25, 0.3) is 5.52 Å². The van der Waals surface area contributed by atoms with Crippen LogP contribution >= 0.6 is 0 Å². The Bertz CT molecular complexity index is 695. The molecule has 1 saturated carbocycles. The molecule has 1 aliphatic heterocycles. The number of nitrogens with zero attached hydrogens (tertiary/aromatic N) is 3. The Morgan fingerprint density at radius 2 is 1.91 bits per heavy atom. The van der Waals surface area contributed by atoms with Crippen LogP contribution in [0, 0.1) is 5.92 Å². The molecule has 0 spiro atoms. The molecular weight excluding hydrogens is 274 g/mol. The molecule has 2 aromatic heterocycles. The second-order valence-corrected chi connectivity index (χ2v) is 6.73. The van der Waals surface area contributed by atoms with Crippen molar-refractivity contribution in [2.45, 2.75) is 25.7 Å². The summed E-state index contributed by atoms with van der Waals surface area (Å²) in [6.07, 6.45) is 6.98. The van der Waals surface area contributed by atoms with Gasteiger partial charge < -0.3 is 14.2 Å². The van der Waals surface area contributed by atoms with Crippen molar-refractivity contribution in [2.24, 2.45) is 5.92 Å². The Morgan fingerprint density at radius 3 is 2.64 bits per heavy atom. The molecule has 1 amide bonds. The molecule has 116 valence electrons. The third-order valence-electron chi connectivity index (χ3n) is 4.89. The van der Waals surface area contributed by atoms with Crippen molar-refractivity contribution in [1.29, 1.82) is 0 Å². The van der Waals surface area contributed by atoms with Crippen LogP contribution in [-0.2, 0) is 0 Å². The largest absolute Gasteiger partial charge is 0.361 e. The van der Waals surface area contributed by atoms with Crippen LogP contribution in [-0.4, -0.2) is 41.9 Å². The average molecular weight is 297 g/mol. The van der Waals surface area contributed by atoms with E-state index in [9.17, 15) is 4.79 Å². The predicted molar refractivity (Wildman–Crippen MR) is 88.5 cm³/mol. The highest BCUT2D eigenvalue weighted by molar-refractivity contribution is 5.94. The van der Waals surface area contributed by atoms with E-state index in [1.165, 1.54) is 18.7 Å². The fourth-order valence-corrected chi connectivity index (χ4v) is 3.41. The number of aromatic nitrogens is 1. The molecule has 22 heavy (non-hydrogen) atoms. The van der Waals surface area contributed by atoms with Gasteiger partial charge >= 0.3 is 0 Å². The normalized spacial score (nSPS) is 18.1. The molecule has 2 aliphatic rings. The highest BCUT2D eigenvalue weighted by atomic mass is 16.2. The van der Waals surface area contributed by atoms with E-state index >= 15 is 0 Å². The molecule has 0 bridgehead atoms. The molecule has 4 rings (SSSR count). The number of likely N-dealkylation sites (tertiary alicyclic amines) is 1. The fourth-order valence-electron chi connectivity index (χ4n) is 3.41. The van der Waals surface area contributed by atoms with E-state index in [4.69, 9.17) is 0 Å². The van der Waals surface area contributed by atoms with Gasteiger partial charge in [0.05, 0.1) is 5.56 Å². The van der Waals surface area contributed by atoms with Gasteiger partial charge in [-0.05, 0) is 55.9 Å². The van der Waals surface area contributed by atoms with Crippen LogP contribution < -0.4 is 4.90 Å². The monoisotopic (exact) mass is 297 g/mol. The summed E-state index contributed by atoms with van der Waals surface area (Å²) in [4.78, 5) is 16.9. The van der Waals surface area contributed by atoms with Gasteiger partial charge in [-0.1, -0.05) is 0 Å². The summed E-state index contributed by atoms with van der Waals surface area (Å²) in [5, 5.41) is 0. The van der Waals surface area contributed by atoms with Gasteiger partial charge in [-0.25, -0.2) is 0 Å². The number of carbonyl (C=O) groups is 1. The number of anilines is 1. The maximum absolute atomic E-state index is 12.6. The number of rotatable bonds is 4. The van der Waals surface area contributed by atoms with Crippen LogP contribution in [0.5, 0.6) is 0 Å². The first-order chi connectivity index (χ1) is 10.7. The van der Waals surface area contributed by atoms with Crippen molar-refractivity contribution in [1.82, 2.24) is 9.30 Å². The van der Waals surface area contributed by atoms with Crippen molar-refractivity contribution in [2.75, 3.05) is 31.6 Å². The third-order valence-corrected chi connectivity index (χ3v) is 4.89. The SMILES string of the molecule is CN(CC1CC1)c1ccc2ccc(C(=O)N3CCCC3)cn12. The second kappa shape index (κ2) is 5.34. The second-order valence-electron chi connectivity index (χ2n) is 6.73. The Morgan fingerprint density at radius 1 is 1.18 bits per heavy atom. The summed E-state index contributed by atoms with van der Waals surface area (Å²) in [6, 6.07) is 8.29. The van der Waals surface area contributed by atoms with E-state index < -0.39 is 0 Å². The fraction of sp³-hybridized carbons (Fsp3) is 0.500. The zero-order valence-corrected chi connectivity index (χ0v) is 13.2. The average Bonchev–Trinajstić information content (AvgIpc) is 3.05. The van der Waals surface area contributed by atoms with E-state index in [0.29, 0.717) is 0 Å². The van der Waals surface area contributed by atoms with Crippen LogP contribution in [0.4, 0.5) is 5.82 Å². The third kappa shape index (κ3) is 2.47. The van der Waals surface area contributed by atoms with Crippen LogP contribution in [0.1, 0.15) is 36.0 Å². The molecule has 3 heterocycles. The lowest BCUT2D eigenvalue weighted by atomic mass is 10.2. The lowest BCUT2D eigenvalue weighted by molar-refractivity contribution is 0.0792. The molecule has 0 N–H and O–H groups in total. The van der Waals surface area contributed by atoms with Gasteiger partial charge in [0.25, 0.3) is 5.91 Å². The molecule has 0 atom stereocenters. The van der Waals surface area contributed by atoms with Crippen LogP contribution in [0.2, 0.25) is 0 Å². The maximum Gasteiger partial charge on any atom is 0.255 e. The lowest BCUT2D eigenvalue weighted by Crippen LogP contribution is -2.28. The molecule has 2 aromatic rings. The molecule has 1 saturated heterocycles. The molecule has 1 aliphatic carbocycles. The minimum atomic E-state index is 0.170. The highest BCUT2D eigenvalue weighted by Crippen LogP contribution is 2.31. The van der Waals surface area contributed by atoms with E-state index in [2.05, 4.69) is 34.5 Å². The molecule has 2 fully saturated rings. The van der Waals surface area contributed by atoms with Gasteiger partial charge in [0.1, 0.15) is 5.82 Å². The van der Waals surface area contributed by atoms with Gasteiger partial charge in [-0.2, -0.15) is 0 Å². The number of fused-ring (bicyclic) bond motifs is 1. The Balaban J connectivity index is 1.64.